The molecule has 1 atom stereocenters. The van der Waals surface area contributed by atoms with Crippen LogP contribution in [0.15, 0.2) is 36.7 Å². The van der Waals surface area contributed by atoms with E-state index in [4.69, 9.17) is 16.3 Å². The topological polar surface area (TPSA) is 56.1 Å². The summed E-state index contributed by atoms with van der Waals surface area (Å²) in [5.41, 5.74) is 1.25. The van der Waals surface area contributed by atoms with Gasteiger partial charge in [0, 0.05) is 26.6 Å². The molecule has 0 aliphatic carbocycles. The van der Waals surface area contributed by atoms with Crippen LogP contribution in [-0.4, -0.2) is 29.2 Å². The number of aromatic nitrogens is 2. The molecule has 106 valence electrons. The summed E-state index contributed by atoms with van der Waals surface area (Å²) < 4.78 is 6.82. The largest absolute Gasteiger partial charge is 0.382 e. The van der Waals surface area contributed by atoms with Crippen molar-refractivity contribution in [3.05, 3.63) is 53.1 Å². The molecule has 2 aromatic heterocycles. The van der Waals surface area contributed by atoms with E-state index in [2.05, 4.69) is 10.3 Å². The number of carbonyl (C=O) groups is 1. The Hall–Kier alpha value is -1.85. The average Bonchev–Trinajstić information content (AvgIpc) is 2.78. The van der Waals surface area contributed by atoms with Crippen molar-refractivity contribution >= 4 is 17.5 Å². The Kier molecular flexibility index (Phi) is 4.76. The van der Waals surface area contributed by atoms with E-state index in [1.807, 2.05) is 18.2 Å². The predicted molar refractivity (Wildman–Crippen MR) is 76.7 cm³/mol. The molecule has 0 unspecified atom stereocenters. The molecule has 0 aliphatic heterocycles. The molecular formula is C14H16ClN3O2. The predicted octanol–water partition coefficient (Wildman–Crippen LogP) is 2.19. The van der Waals surface area contributed by atoms with E-state index in [0.29, 0.717) is 17.3 Å². The van der Waals surface area contributed by atoms with Gasteiger partial charge in [0.15, 0.2) is 0 Å². The van der Waals surface area contributed by atoms with E-state index in [0.717, 1.165) is 5.69 Å². The molecule has 2 heterocycles. The molecular weight excluding hydrogens is 278 g/mol. The Morgan fingerprint density at radius 1 is 1.55 bits per heavy atom. The summed E-state index contributed by atoms with van der Waals surface area (Å²) >= 11 is 5.89. The van der Waals surface area contributed by atoms with E-state index in [1.54, 1.807) is 37.2 Å². The maximum Gasteiger partial charge on any atom is 0.268 e. The fraction of sp³-hybridized carbons (Fsp3) is 0.286. The Morgan fingerprint density at radius 2 is 2.35 bits per heavy atom. The number of halogens is 1. The van der Waals surface area contributed by atoms with Crippen molar-refractivity contribution in [1.29, 1.82) is 0 Å². The first-order chi connectivity index (χ1) is 9.61. The highest BCUT2D eigenvalue weighted by Gasteiger charge is 2.18. The van der Waals surface area contributed by atoms with Crippen molar-refractivity contribution < 1.29 is 9.53 Å². The van der Waals surface area contributed by atoms with Crippen molar-refractivity contribution in [3.63, 3.8) is 0 Å². The first-order valence-corrected chi connectivity index (χ1v) is 6.52. The molecule has 20 heavy (non-hydrogen) atoms. The third kappa shape index (κ3) is 3.37. The Bertz CT molecular complexity index is 583. The van der Waals surface area contributed by atoms with Gasteiger partial charge in [-0.1, -0.05) is 17.7 Å². The van der Waals surface area contributed by atoms with Gasteiger partial charge >= 0.3 is 0 Å². The lowest BCUT2D eigenvalue weighted by molar-refractivity contribution is 0.0886. The zero-order chi connectivity index (χ0) is 14.5. The first-order valence-electron chi connectivity index (χ1n) is 6.14. The number of ether oxygens (including phenoxy) is 1. The molecule has 0 saturated carbocycles. The van der Waals surface area contributed by atoms with Gasteiger partial charge in [0.25, 0.3) is 5.91 Å². The molecule has 0 bridgehead atoms. The standard InChI is InChI=1S/C14H16ClN3O2/c1-18-8-10(15)7-13(18)14(19)17-12(9-20-2)11-5-3-4-6-16-11/h3-8,12H,9H2,1-2H3,(H,17,19)/t12-/m1/s1. The van der Waals surface area contributed by atoms with Crippen LogP contribution in [0, 0.1) is 0 Å². The lowest BCUT2D eigenvalue weighted by atomic mass is 10.2. The number of hydrogen-bond acceptors (Lipinski definition) is 3. The Morgan fingerprint density at radius 3 is 2.90 bits per heavy atom. The van der Waals surface area contributed by atoms with Gasteiger partial charge in [-0.05, 0) is 18.2 Å². The highest BCUT2D eigenvalue weighted by molar-refractivity contribution is 6.31. The van der Waals surface area contributed by atoms with E-state index in [-0.39, 0.29) is 11.9 Å². The second-order valence-corrected chi connectivity index (χ2v) is 4.83. The number of rotatable bonds is 5. The fourth-order valence-corrected chi connectivity index (χ4v) is 2.18. The minimum absolute atomic E-state index is 0.216. The van der Waals surface area contributed by atoms with E-state index in [1.165, 1.54) is 0 Å². The molecule has 0 aromatic carbocycles. The Labute approximate surface area is 122 Å². The highest BCUT2D eigenvalue weighted by atomic mass is 35.5. The first kappa shape index (κ1) is 14.6. The van der Waals surface area contributed by atoms with E-state index >= 15 is 0 Å². The zero-order valence-electron chi connectivity index (χ0n) is 11.3. The average molecular weight is 294 g/mol. The summed E-state index contributed by atoms with van der Waals surface area (Å²) in [6, 6.07) is 6.87. The molecule has 0 fully saturated rings. The number of methoxy groups -OCH3 is 1. The monoisotopic (exact) mass is 293 g/mol. The molecule has 1 amide bonds. The highest BCUT2D eigenvalue weighted by Crippen LogP contribution is 2.15. The van der Waals surface area contributed by atoms with Gasteiger partial charge < -0.3 is 14.6 Å². The molecule has 6 heteroatoms. The number of pyridine rings is 1. The minimum atomic E-state index is -0.303. The number of nitrogens with zero attached hydrogens (tertiary/aromatic N) is 2. The van der Waals surface area contributed by atoms with Crippen molar-refractivity contribution in [3.8, 4) is 0 Å². The number of carbonyl (C=O) groups excluding carboxylic acids is 1. The molecule has 0 radical (unpaired) electrons. The summed E-state index contributed by atoms with van der Waals surface area (Å²) in [5, 5.41) is 3.43. The molecule has 2 aromatic rings. The van der Waals surface area contributed by atoms with E-state index in [9.17, 15) is 4.79 Å². The lowest BCUT2D eigenvalue weighted by Gasteiger charge is -2.17. The number of aryl methyl sites for hydroxylation is 1. The van der Waals surface area contributed by atoms with Crippen LogP contribution in [0.2, 0.25) is 5.02 Å². The van der Waals surface area contributed by atoms with Crippen molar-refractivity contribution in [1.82, 2.24) is 14.9 Å². The fourth-order valence-electron chi connectivity index (χ4n) is 1.93. The zero-order valence-corrected chi connectivity index (χ0v) is 12.1. The normalized spacial score (nSPS) is 12.2. The third-order valence-corrected chi connectivity index (χ3v) is 3.09. The van der Waals surface area contributed by atoms with Gasteiger partial charge in [0.05, 0.1) is 23.4 Å². The van der Waals surface area contributed by atoms with Crippen LogP contribution in [0.5, 0.6) is 0 Å². The van der Waals surface area contributed by atoms with Gasteiger partial charge in [-0.3, -0.25) is 9.78 Å². The second-order valence-electron chi connectivity index (χ2n) is 4.39. The number of nitrogens with one attached hydrogen (secondary N) is 1. The molecule has 2 rings (SSSR count). The van der Waals surface area contributed by atoms with Crippen LogP contribution in [0.4, 0.5) is 0 Å². The summed E-state index contributed by atoms with van der Waals surface area (Å²) in [4.78, 5) is 16.5. The summed E-state index contributed by atoms with van der Waals surface area (Å²) in [5.74, 6) is -0.216. The van der Waals surface area contributed by atoms with Gasteiger partial charge in [-0.2, -0.15) is 0 Å². The van der Waals surface area contributed by atoms with Gasteiger partial charge in [-0.15, -0.1) is 0 Å². The minimum Gasteiger partial charge on any atom is -0.382 e. The van der Waals surface area contributed by atoms with Gasteiger partial charge in [-0.25, -0.2) is 0 Å². The summed E-state index contributed by atoms with van der Waals surface area (Å²) in [6.07, 6.45) is 3.37. The quantitative estimate of drug-likeness (QED) is 0.919. The van der Waals surface area contributed by atoms with E-state index < -0.39 is 0 Å². The second kappa shape index (κ2) is 6.54. The number of hydrogen-bond donors (Lipinski definition) is 1. The molecule has 5 nitrogen and oxygen atoms in total. The van der Waals surface area contributed by atoms with Crippen molar-refractivity contribution in [2.75, 3.05) is 13.7 Å². The third-order valence-electron chi connectivity index (χ3n) is 2.89. The molecule has 1 N–H and O–H groups in total. The molecule has 0 saturated heterocycles. The van der Waals surface area contributed by atoms with Crippen LogP contribution in [-0.2, 0) is 11.8 Å². The SMILES string of the molecule is COC[C@@H](NC(=O)c1cc(Cl)cn1C)c1ccccn1. The molecule has 0 spiro atoms. The molecule has 0 aliphatic rings. The summed E-state index contributed by atoms with van der Waals surface area (Å²) in [6.45, 7) is 0.348. The van der Waals surface area contributed by atoms with Crippen LogP contribution in [0.3, 0.4) is 0 Å². The van der Waals surface area contributed by atoms with Crippen molar-refractivity contribution in [2.45, 2.75) is 6.04 Å². The maximum atomic E-state index is 12.3. The van der Waals surface area contributed by atoms with Crippen LogP contribution in [0.1, 0.15) is 22.2 Å². The number of amides is 1. The van der Waals surface area contributed by atoms with Gasteiger partial charge in [0.2, 0.25) is 0 Å². The summed E-state index contributed by atoms with van der Waals surface area (Å²) in [7, 11) is 3.36. The van der Waals surface area contributed by atoms with Crippen molar-refractivity contribution in [2.24, 2.45) is 7.05 Å². The lowest BCUT2D eigenvalue weighted by Crippen LogP contribution is -2.32. The van der Waals surface area contributed by atoms with Crippen LogP contribution in [0.25, 0.3) is 0 Å². The van der Waals surface area contributed by atoms with Crippen LogP contribution >= 0.6 is 11.6 Å². The Balaban J connectivity index is 2.16. The smallest absolute Gasteiger partial charge is 0.268 e. The maximum absolute atomic E-state index is 12.3. The van der Waals surface area contributed by atoms with Gasteiger partial charge in [0.1, 0.15) is 5.69 Å². The van der Waals surface area contributed by atoms with Crippen LogP contribution < -0.4 is 5.32 Å².